The minimum Gasteiger partial charge on any atom is -0.369 e. The number of carbonyl (C=O) groups excluding carboxylic acids is 1. The van der Waals surface area contributed by atoms with Gasteiger partial charge in [0.1, 0.15) is 6.33 Å². The van der Waals surface area contributed by atoms with Crippen LogP contribution in [-0.2, 0) is 11.2 Å². The molecule has 3 aromatic rings. The van der Waals surface area contributed by atoms with E-state index in [1.54, 1.807) is 4.52 Å². The van der Waals surface area contributed by atoms with Crippen molar-refractivity contribution >= 4 is 17.4 Å². The predicted molar refractivity (Wildman–Crippen MR) is 117 cm³/mol. The SMILES string of the molecule is Cc1nc2ncnn2c(C)c1CCC(=O)NCCN1CCN(c2ccccc2)CC1. The first-order valence-electron chi connectivity index (χ1n) is 10.6. The Kier molecular flexibility index (Phi) is 6.23. The standard InChI is InChI=1S/C22H29N7O/c1-17-20(18(2)29-22(26-17)24-16-25-29)8-9-21(30)23-10-11-27-12-14-28(15-13-27)19-6-4-3-5-7-19/h3-7,16H,8-15H2,1-2H3,(H,23,30). The van der Waals surface area contributed by atoms with Gasteiger partial charge in [0, 0.05) is 62.8 Å². The van der Waals surface area contributed by atoms with Gasteiger partial charge in [-0.25, -0.2) is 9.50 Å². The molecule has 1 fully saturated rings. The normalized spacial score (nSPS) is 14.9. The fourth-order valence-electron chi connectivity index (χ4n) is 4.07. The predicted octanol–water partition coefficient (Wildman–Crippen LogP) is 1.61. The number of aryl methyl sites for hydroxylation is 2. The highest BCUT2D eigenvalue weighted by Crippen LogP contribution is 2.16. The number of piperazine rings is 1. The van der Waals surface area contributed by atoms with E-state index in [0.29, 0.717) is 25.2 Å². The maximum absolute atomic E-state index is 12.3. The monoisotopic (exact) mass is 407 g/mol. The average molecular weight is 408 g/mol. The molecule has 0 bridgehead atoms. The second-order valence-corrected chi connectivity index (χ2v) is 7.75. The van der Waals surface area contributed by atoms with Crippen LogP contribution >= 0.6 is 0 Å². The molecule has 0 saturated carbocycles. The molecule has 0 aliphatic carbocycles. The fourth-order valence-corrected chi connectivity index (χ4v) is 4.07. The summed E-state index contributed by atoms with van der Waals surface area (Å²) in [5, 5.41) is 7.27. The first kappa shape index (κ1) is 20.3. The number of hydrogen-bond acceptors (Lipinski definition) is 6. The molecule has 1 aliphatic heterocycles. The van der Waals surface area contributed by atoms with Gasteiger partial charge >= 0.3 is 0 Å². The van der Waals surface area contributed by atoms with Crippen molar-refractivity contribution in [1.82, 2.24) is 29.8 Å². The van der Waals surface area contributed by atoms with Crippen molar-refractivity contribution in [2.45, 2.75) is 26.7 Å². The molecule has 0 unspecified atom stereocenters. The largest absolute Gasteiger partial charge is 0.369 e. The van der Waals surface area contributed by atoms with Crippen molar-refractivity contribution in [3.63, 3.8) is 0 Å². The lowest BCUT2D eigenvalue weighted by Gasteiger charge is -2.36. The lowest BCUT2D eigenvalue weighted by molar-refractivity contribution is -0.121. The Labute approximate surface area is 176 Å². The number of benzene rings is 1. The molecule has 1 amide bonds. The van der Waals surface area contributed by atoms with E-state index in [0.717, 1.165) is 49.7 Å². The molecule has 3 heterocycles. The van der Waals surface area contributed by atoms with E-state index in [1.807, 2.05) is 13.8 Å². The summed E-state index contributed by atoms with van der Waals surface area (Å²) in [6, 6.07) is 10.5. The van der Waals surface area contributed by atoms with Crippen molar-refractivity contribution in [2.75, 3.05) is 44.2 Å². The van der Waals surface area contributed by atoms with E-state index in [-0.39, 0.29) is 5.91 Å². The van der Waals surface area contributed by atoms with Crippen LogP contribution in [0, 0.1) is 13.8 Å². The van der Waals surface area contributed by atoms with Crippen molar-refractivity contribution < 1.29 is 4.79 Å². The van der Waals surface area contributed by atoms with Crippen LogP contribution in [0.25, 0.3) is 5.78 Å². The van der Waals surface area contributed by atoms with Crippen molar-refractivity contribution in [3.05, 3.63) is 53.6 Å². The van der Waals surface area contributed by atoms with Crippen LogP contribution in [0.5, 0.6) is 0 Å². The van der Waals surface area contributed by atoms with Crippen LogP contribution in [0.2, 0.25) is 0 Å². The minimum atomic E-state index is 0.0791. The Hall–Kier alpha value is -3.00. The van der Waals surface area contributed by atoms with E-state index in [9.17, 15) is 4.79 Å². The van der Waals surface area contributed by atoms with Gasteiger partial charge in [-0.05, 0) is 38.0 Å². The zero-order chi connectivity index (χ0) is 20.9. The number of fused-ring (bicyclic) bond motifs is 1. The number of anilines is 1. The number of nitrogens with one attached hydrogen (secondary N) is 1. The number of carbonyl (C=O) groups is 1. The van der Waals surface area contributed by atoms with E-state index in [1.165, 1.54) is 12.0 Å². The van der Waals surface area contributed by atoms with Gasteiger partial charge in [0.05, 0.1) is 0 Å². The molecule has 30 heavy (non-hydrogen) atoms. The van der Waals surface area contributed by atoms with Gasteiger partial charge in [-0.15, -0.1) is 0 Å². The summed E-state index contributed by atoms with van der Waals surface area (Å²) in [4.78, 5) is 25.8. The van der Waals surface area contributed by atoms with Gasteiger partial charge in [0.15, 0.2) is 0 Å². The molecule has 0 radical (unpaired) electrons. The van der Waals surface area contributed by atoms with Crippen LogP contribution in [-0.4, -0.2) is 69.7 Å². The second-order valence-electron chi connectivity index (χ2n) is 7.75. The minimum absolute atomic E-state index is 0.0791. The summed E-state index contributed by atoms with van der Waals surface area (Å²) >= 11 is 0. The van der Waals surface area contributed by atoms with Crippen molar-refractivity contribution in [3.8, 4) is 0 Å². The van der Waals surface area contributed by atoms with Gasteiger partial charge in [0.25, 0.3) is 5.78 Å². The first-order valence-corrected chi connectivity index (χ1v) is 10.6. The van der Waals surface area contributed by atoms with E-state index < -0.39 is 0 Å². The second kappa shape index (κ2) is 9.21. The molecule has 2 aromatic heterocycles. The zero-order valence-electron chi connectivity index (χ0n) is 17.7. The number of nitrogens with zero attached hydrogens (tertiary/aromatic N) is 6. The average Bonchev–Trinajstić information content (AvgIpc) is 3.23. The topological polar surface area (TPSA) is 78.7 Å². The Bertz CT molecular complexity index is 993. The van der Waals surface area contributed by atoms with Crippen LogP contribution in [0.4, 0.5) is 5.69 Å². The van der Waals surface area contributed by atoms with Crippen LogP contribution in [0.1, 0.15) is 23.4 Å². The molecule has 0 atom stereocenters. The molecule has 1 saturated heterocycles. The van der Waals surface area contributed by atoms with Crippen molar-refractivity contribution in [1.29, 1.82) is 0 Å². The smallest absolute Gasteiger partial charge is 0.252 e. The summed E-state index contributed by atoms with van der Waals surface area (Å²) < 4.78 is 1.73. The summed E-state index contributed by atoms with van der Waals surface area (Å²) in [5.41, 5.74) is 4.27. The van der Waals surface area contributed by atoms with E-state index in [2.05, 4.69) is 60.5 Å². The van der Waals surface area contributed by atoms with Gasteiger partial charge in [-0.3, -0.25) is 9.69 Å². The Morgan fingerprint density at radius 3 is 2.63 bits per heavy atom. The quantitative estimate of drug-likeness (QED) is 0.641. The summed E-state index contributed by atoms with van der Waals surface area (Å²) in [6.45, 7) is 9.62. The highest BCUT2D eigenvalue weighted by atomic mass is 16.1. The molecule has 0 spiro atoms. The maximum atomic E-state index is 12.3. The van der Waals surface area contributed by atoms with Crippen molar-refractivity contribution in [2.24, 2.45) is 0 Å². The molecule has 158 valence electrons. The Morgan fingerprint density at radius 1 is 1.10 bits per heavy atom. The van der Waals surface area contributed by atoms with Gasteiger partial charge in [-0.1, -0.05) is 18.2 Å². The molecular weight excluding hydrogens is 378 g/mol. The number of rotatable bonds is 7. The van der Waals surface area contributed by atoms with Crippen LogP contribution in [0.15, 0.2) is 36.7 Å². The molecule has 8 nitrogen and oxygen atoms in total. The Balaban J connectivity index is 1.19. The molecule has 1 aromatic carbocycles. The number of amides is 1. The van der Waals surface area contributed by atoms with E-state index in [4.69, 9.17) is 0 Å². The van der Waals surface area contributed by atoms with E-state index >= 15 is 0 Å². The summed E-state index contributed by atoms with van der Waals surface area (Å²) in [7, 11) is 0. The van der Waals surface area contributed by atoms with Crippen LogP contribution < -0.4 is 10.2 Å². The zero-order valence-corrected chi connectivity index (χ0v) is 17.7. The third-order valence-corrected chi connectivity index (χ3v) is 5.83. The van der Waals surface area contributed by atoms with Gasteiger partial charge in [-0.2, -0.15) is 10.1 Å². The maximum Gasteiger partial charge on any atom is 0.252 e. The third kappa shape index (κ3) is 4.59. The Morgan fingerprint density at radius 2 is 1.87 bits per heavy atom. The van der Waals surface area contributed by atoms with Crippen LogP contribution in [0.3, 0.4) is 0 Å². The highest BCUT2D eigenvalue weighted by Gasteiger charge is 2.17. The van der Waals surface area contributed by atoms with Gasteiger partial charge in [0.2, 0.25) is 5.91 Å². The molecule has 8 heteroatoms. The molecule has 1 N–H and O–H groups in total. The first-order chi connectivity index (χ1) is 14.6. The third-order valence-electron chi connectivity index (χ3n) is 5.83. The summed E-state index contributed by atoms with van der Waals surface area (Å²) in [5.74, 6) is 0.681. The summed E-state index contributed by atoms with van der Waals surface area (Å²) in [6.07, 6.45) is 2.61. The number of para-hydroxylation sites is 1. The lowest BCUT2D eigenvalue weighted by atomic mass is 10.1. The lowest BCUT2D eigenvalue weighted by Crippen LogP contribution is -2.48. The number of hydrogen-bond donors (Lipinski definition) is 1. The molecule has 4 rings (SSSR count). The number of aromatic nitrogens is 4. The fraction of sp³-hybridized carbons (Fsp3) is 0.455. The molecule has 1 aliphatic rings. The molecular formula is C22H29N7O. The van der Waals surface area contributed by atoms with Gasteiger partial charge < -0.3 is 10.2 Å². The highest BCUT2D eigenvalue weighted by molar-refractivity contribution is 5.76.